The third kappa shape index (κ3) is 5.02. The molecule has 0 aromatic heterocycles. The lowest BCUT2D eigenvalue weighted by atomic mass is 10.3. The minimum Gasteiger partial charge on any atom is -0.468 e. The first kappa shape index (κ1) is 14.4. The van der Waals surface area contributed by atoms with Gasteiger partial charge in [-0.2, -0.15) is 0 Å². The Bertz CT molecular complexity index is 230. The zero-order valence-corrected chi connectivity index (χ0v) is 11.2. The van der Waals surface area contributed by atoms with Gasteiger partial charge in [0.25, 0.3) is 0 Å². The Kier molecular flexibility index (Phi) is 6.47. The van der Waals surface area contributed by atoms with E-state index in [-0.39, 0.29) is 12.0 Å². The van der Waals surface area contributed by atoms with Crippen molar-refractivity contribution in [2.24, 2.45) is 0 Å². The van der Waals surface area contributed by atoms with E-state index in [0.29, 0.717) is 6.54 Å². The number of likely N-dealkylation sites (N-methyl/N-ethyl adjacent to an activating group) is 2. The average Bonchev–Trinajstić information content (AvgIpc) is 2.85. The van der Waals surface area contributed by atoms with Gasteiger partial charge < -0.3 is 19.9 Å². The van der Waals surface area contributed by atoms with Crippen molar-refractivity contribution in [2.75, 3.05) is 53.9 Å². The molecule has 0 spiro atoms. The van der Waals surface area contributed by atoms with Crippen molar-refractivity contribution in [3.63, 3.8) is 0 Å². The summed E-state index contributed by atoms with van der Waals surface area (Å²) < 4.78 is 4.74. The molecule has 100 valence electrons. The molecule has 1 N–H and O–H groups in total. The molecule has 1 saturated heterocycles. The topological polar surface area (TPSA) is 44.8 Å². The van der Waals surface area contributed by atoms with E-state index >= 15 is 0 Å². The highest BCUT2D eigenvalue weighted by atomic mass is 16.5. The number of carbonyl (C=O) groups excluding carboxylic acids is 1. The molecule has 17 heavy (non-hydrogen) atoms. The lowest BCUT2D eigenvalue weighted by molar-refractivity contribution is -0.143. The van der Waals surface area contributed by atoms with Crippen LogP contribution >= 0.6 is 0 Å². The summed E-state index contributed by atoms with van der Waals surface area (Å²) in [5.74, 6) is -0.194. The van der Waals surface area contributed by atoms with E-state index in [9.17, 15) is 4.79 Å². The minimum absolute atomic E-state index is 0.194. The van der Waals surface area contributed by atoms with Crippen molar-refractivity contribution in [3.8, 4) is 0 Å². The van der Waals surface area contributed by atoms with Crippen molar-refractivity contribution in [1.82, 2.24) is 15.1 Å². The number of likely N-dealkylation sites (tertiary alicyclic amines) is 1. The predicted molar refractivity (Wildman–Crippen MR) is 68.0 cm³/mol. The normalized spacial score (nSPS) is 18.6. The highest BCUT2D eigenvalue weighted by Crippen LogP contribution is 2.06. The van der Waals surface area contributed by atoms with Crippen molar-refractivity contribution < 1.29 is 9.53 Å². The Morgan fingerprint density at radius 3 is 2.65 bits per heavy atom. The van der Waals surface area contributed by atoms with Crippen LogP contribution in [0.1, 0.15) is 12.8 Å². The number of nitrogens with zero attached hydrogens (tertiary/aromatic N) is 2. The van der Waals surface area contributed by atoms with Crippen LogP contribution in [0.3, 0.4) is 0 Å². The lowest BCUT2D eigenvalue weighted by Crippen LogP contribution is -2.45. The van der Waals surface area contributed by atoms with Gasteiger partial charge in [0.1, 0.15) is 6.04 Å². The number of methoxy groups -OCH3 is 1. The fourth-order valence-corrected chi connectivity index (χ4v) is 2.15. The first-order valence-electron chi connectivity index (χ1n) is 6.33. The van der Waals surface area contributed by atoms with Crippen LogP contribution < -0.4 is 5.32 Å². The van der Waals surface area contributed by atoms with Crippen molar-refractivity contribution in [3.05, 3.63) is 0 Å². The maximum absolute atomic E-state index is 11.4. The summed E-state index contributed by atoms with van der Waals surface area (Å²) in [7, 11) is 5.26. The molecular formula is C12H25N3O2. The number of rotatable bonds is 7. The molecular weight excluding hydrogens is 218 g/mol. The quantitative estimate of drug-likeness (QED) is 0.626. The van der Waals surface area contributed by atoms with Crippen molar-refractivity contribution in [2.45, 2.75) is 18.9 Å². The molecule has 1 unspecified atom stereocenters. The van der Waals surface area contributed by atoms with E-state index in [1.54, 1.807) is 7.05 Å². The van der Waals surface area contributed by atoms with Gasteiger partial charge in [0.05, 0.1) is 7.11 Å². The molecule has 1 atom stereocenters. The highest BCUT2D eigenvalue weighted by molar-refractivity contribution is 5.75. The number of esters is 1. The second-order valence-corrected chi connectivity index (χ2v) is 4.68. The molecule has 1 fully saturated rings. The van der Waals surface area contributed by atoms with E-state index in [1.807, 2.05) is 7.05 Å². The number of ether oxygens (including phenoxy) is 1. The summed E-state index contributed by atoms with van der Waals surface area (Å²) >= 11 is 0. The summed E-state index contributed by atoms with van der Waals surface area (Å²) in [6.45, 7) is 5.22. The van der Waals surface area contributed by atoms with Gasteiger partial charge in [-0.05, 0) is 40.0 Å². The fraction of sp³-hybridized carbons (Fsp3) is 0.917. The number of nitrogens with one attached hydrogen (secondary N) is 1. The van der Waals surface area contributed by atoms with Gasteiger partial charge in [-0.15, -0.1) is 0 Å². The maximum atomic E-state index is 11.4. The van der Waals surface area contributed by atoms with Crippen LogP contribution in [0.25, 0.3) is 0 Å². The molecule has 0 aromatic rings. The standard InChI is InChI=1S/C12H25N3O2/c1-13-11(12(16)17-3)10-14(2)8-9-15-6-4-5-7-15/h11,13H,4-10H2,1-3H3. The molecule has 5 nitrogen and oxygen atoms in total. The van der Waals surface area contributed by atoms with Crippen LogP contribution in [0.4, 0.5) is 0 Å². The molecule has 5 heteroatoms. The molecule has 1 heterocycles. The summed E-state index contributed by atoms with van der Waals surface area (Å²) in [5, 5.41) is 2.98. The number of hydrogen-bond acceptors (Lipinski definition) is 5. The van der Waals surface area contributed by atoms with E-state index in [4.69, 9.17) is 4.74 Å². The molecule has 0 bridgehead atoms. The summed E-state index contributed by atoms with van der Waals surface area (Å²) in [4.78, 5) is 16.1. The number of carbonyl (C=O) groups is 1. The van der Waals surface area contributed by atoms with Gasteiger partial charge in [0, 0.05) is 19.6 Å². The molecule has 1 aliphatic heterocycles. The fourth-order valence-electron chi connectivity index (χ4n) is 2.15. The minimum atomic E-state index is -0.233. The third-order valence-electron chi connectivity index (χ3n) is 3.33. The van der Waals surface area contributed by atoms with Crippen LogP contribution in [0.15, 0.2) is 0 Å². The molecule has 1 rings (SSSR count). The van der Waals surface area contributed by atoms with Crippen LogP contribution in [0.5, 0.6) is 0 Å². The van der Waals surface area contributed by atoms with E-state index in [1.165, 1.54) is 33.0 Å². The maximum Gasteiger partial charge on any atom is 0.324 e. The van der Waals surface area contributed by atoms with Crippen LogP contribution in [0.2, 0.25) is 0 Å². The van der Waals surface area contributed by atoms with Gasteiger partial charge in [-0.3, -0.25) is 4.79 Å². The van der Waals surface area contributed by atoms with Crippen molar-refractivity contribution >= 4 is 5.97 Å². The van der Waals surface area contributed by atoms with Gasteiger partial charge in [-0.1, -0.05) is 0 Å². The van der Waals surface area contributed by atoms with E-state index in [2.05, 4.69) is 15.1 Å². The molecule has 0 aromatic carbocycles. The molecule has 0 saturated carbocycles. The van der Waals surface area contributed by atoms with Gasteiger partial charge in [0.15, 0.2) is 0 Å². The lowest BCUT2D eigenvalue weighted by Gasteiger charge is -2.24. The largest absolute Gasteiger partial charge is 0.468 e. The summed E-state index contributed by atoms with van der Waals surface area (Å²) in [6, 6.07) is -0.233. The number of hydrogen-bond donors (Lipinski definition) is 1. The SMILES string of the molecule is CNC(CN(C)CCN1CCCC1)C(=O)OC. The molecule has 1 aliphatic rings. The molecule has 0 amide bonds. The molecule has 0 radical (unpaired) electrons. The Morgan fingerprint density at radius 2 is 2.12 bits per heavy atom. The van der Waals surface area contributed by atoms with Gasteiger partial charge in [-0.25, -0.2) is 0 Å². The Balaban J connectivity index is 2.21. The highest BCUT2D eigenvalue weighted by Gasteiger charge is 2.19. The smallest absolute Gasteiger partial charge is 0.324 e. The Labute approximate surface area is 104 Å². The van der Waals surface area contributed by atoms with Crippen LogP contribution in [0, 0.1) is 0 Å². The Hall–Kier alpha value is -0.650. The first-order valence-corrected chi connectivity index (χ1v) is 6.33. The summed E-state index contributed by atoms with van der Waals surface area (Å²) in [6.07, 6.45) is 2.65. The third-order valence-corrected chi connectivity index (χ3v) is 3.33. The molecule has 0 aliphatic carbocycles. The first-order chi connectivity index (χ1) is 8.17. The average molecular weight is 243 g/mol. The van der Waals surface area contributed by atoms with Crippen LogP contribution in [-0.2, 0) is 9.53 Å². The van der Waals surface area contributed by atoms with Crippen LogP contribution in [-0.4, -0.2) is 75.7 Å². The second-order valence-electron chi connectivity index (χ2n) is 4.68. The Morgan fingerprint density at radius 1 is 1.47 bits per heavy atom. The zero-order chi connectivity index (χ0) is 12.7. The predicted octanol–water partition coefficient (Wildman–Crippen LogP) is -0.225. The van der Waals surface area contributed by atoms with Crippen molar-refractivity contribution in [1.29, 1.82) is 0 Å². The zero-order valence-electron chi connectivity index (χ0n) is 11.2. The van der Waals surface area contributed by atoms with E-state index in [0.717, 1.165) is 13.1 Å². The summed E-state index contributed by atoms with van der Waals surface area (Å²) in [5.41, 5.74) is 0. The van der Waals surface area contributed by atoms with Gasteiger partial charge in [0.2, 0.25) is 0 Å². The van der Waals surface area contributed by atoms with E-state index < -0.39 is 0 Å². The second kappa shape index (κ2) is 7.63. The monoisotopic (exact) mass is 243 g/mol. The van der Waals surface area contributed by atoms with Gasteiger partial charge >= 0.3 is 5.97 Å².